The zero-order valence-corrected chi connectivity index (χ0v) is 9.17. The summed E-state index contributed by atoms with van der Waals surface area (Å²) in [6.07, 6.45) is 5.31. The van der Waals surface area contributed by atoms with Crippen molar-refractivity contribution in [2.24, 2.45) is 0 Å². The SMILES string of the molecule is N#Cc1c(N2CCCCC2)ccnc1Cl. The van der Waals surface area contributed by atoms with Crippen LogP contribution in [0.4, 0.5) is 5.69 Å². The van der Waals surface area contributed by atoms with Crippen molar-refractivity contribution in [2.45, 2.75) is 19.3 Å². The smallest absolute Gasteiger partial charge is 0.148 e. The number of halogens is 1. The van der Waals surface area contributed by atoms with E-state index < -0.39 is 0 Å². The summed E-state index contributed by atoms with van der Waals surface area (Å²) in [6.45, 7) is 2.02. The van der Waals surface area contributed by atoms with Gasteiger partial charge in [-0.05, 0) is 25.3 Å². The Kier molecular flexibility index (Phi) is 3.08. The quantitative estimate of drug-likeness (QED) is 0.685. The molecule has 1 aliphatic rings. The van der Waals surface area contributed by atoms with Crippen molar-refractivity contribution in [1.82, 2.24) is 4.98 Å². The summed E-state index contributed by atoms with van der Waals surface area (Å²) in [6, 6.07) is 4.00. The number of nitrogens with zero attached hydrogens (tertiary/aromatic N) is 3. The van der Waals surface area contributed by atoms with Crippen molar-refractivity contribution < 1.29 is 0 Å². The molecule has 0 spiro atoms. The lowest BCUT2D eigenvalue weighted by atomic mass is 10.1. The van der Waals surface area contributed by atoms with Crippen LogP contribution in [0.5, 0.6) is 0 Å². The Hall–Kier alpha value is -1.27. The van der Waals surface area contributed by atoms with E-state index in [9.17, 15) is 0 Å². The van der Waals surface area contributed by atoms with Gasteiger partial charge in [-0.1, -0.05) is 11.6 Å². The Morgan fingerprint density at radius 3 is 2.73 bits per heavy atom. The van der Waals surface area contributed by atoms with Crippen LogP contribution in [-0.4, -0.2) is 18.1 Å². The van der Waals surface area contributed by atoms with Gasteiger partial charge in [0.25, 0.3) is 0 Å². The Bertz CT molecular complexity index is 391. The lowest BCUT2D eigenvalue weighted by Crippen LogP contribution is -2.30. The monoisotopic (exact) mass is 221 g/mol. The highest BCUT2D eigenvalue weighted by atomic mass is 35.5. The minimum Gasteiger partial charge on any atom is -0.370 e. The zero-order valence-electron chi connectivity index (χ0n) is 8.41. The van der Waals surface area contributed by atoms with Gasteiger partial charge in [-0.2, -0.15) is 5.26 Å². The molecule has 0 saturated carbocycles. The molecule has 15 heavy (non-hydrogen) atoms. The highest BCUT2D eigenvalue weighted by Crippen LogP contribution is 2.27. The van der Waals surface area contributed by atoms with Crippen LogP contribution in [0.25, 0.3) is 0 Å². The van der Waals surface area contributed by atoms with Crippen LogP contribution in [0.3, 0.4) is 0 Å². The summed E-state index contributed by atoms with van der Waals surface area (Å²) in [7, 11) is 0. The van der Waals surface area contributed by atoms with E-state index >= 15 is 0 Å². The van der Waals surface area contributed by atoms with Crippen LogP contribution in [0, 0.1) is 11.3 Å². The van der Waals surface area contributed by atoms with Gasteiger partial charge in [-0.25, -0.2) is 4.98 Å². The van der Waals surface area contributed by atoms with E-state index in [4.69, 9.17) is 16.9 Å². The standard InChI is InChI=1S/C11H12ClN3/c12-11-9(8-13)10(4-5-14-11)15-6-2-1-3-7-15/h4-5H,1-3,6-7H2. The first-order valence-corrected chi connectivity index (χ1v) is 5.50. The highest BCUT2D eigenvalue weighted by Gasteiger charge is 2.16. The number of pyridine rings is 1. The summed E-state index contributed by atoms with van der Waals surface area (Å²) in [5, 5.41) is 9.33. The second-order valence-corrected chi connectivity index (χ2v) is 4.01. The molecule has 2 rings (SSSR count). The van der Waals surface area contributed by atoms with E-state index in [1.165, 1.54) is 19.3 Å². The Labute approximate surface area is 94.3 Å². The van der Waals surface area contributed by atoms with E-state index in [-0.39, 0.29) is 0 Å². The first-order chi connectivity index (χ1) is 7.33. The van der Waals surface area contributed by atoms with E-state index in [1.54, 1.807) is 6.20 Å². The van der Waals surface area contributed by atoms with Gasteiger partial charge in [-0.3, -0.25) is 0 Å². The molecule has 1 aromatic heterocycles. The lowest BCUT2D eigenvalue weighted by molar-refractivity contribution is 0.577. The van der Waals surface area contributed by atoms with Gasteiger partial charge >= 0.3 is 0 Å². The maximum Gasteiger partial charge on any atom is 0.148 e. The molecule has 1 fully saturated rings. The minimum absolute atomic E-state index is 0.306. The van der Waals surface area contributed by atoms with Crippen molar-refractivity contribution in [3.05, 3.63) is 23.0 Å². The molecule has 0 amide bonds. The molecule has 78 valence electrons. The Balaban J connectivity index is 2.34. The van der Waals surface area contributed by atoms with Crippen LogP contribution >= 0.6 is 11.6 Å². The van der Waals surface area contributed by atoms with Crippen LogP contribution in [0.1, 0.15) is 24.8 Å². The fourth-order valence-electron chi connectivity index (χ4n) is 1.93. The average Bonchev–Trinajstić information content (AvgIpc) is 2.30. The highest BCUT2D eigenvalue weighted by molar-refractivity contribution is 6.30. The first kappa shape index (κ1) is 10.3. The third-order valence-electron chi connectivity index (χ3n) is 2.69. The number of rotatable bonds is 1. The summed E-state index contributed by atoms with van der Waals surface area (Å²) in [5.74, 6) is 0. The minimum atomic E-state index is 0.306. The normalized spacial score (nSPS) is 16.1. The van der Waals surface area contributed by atoms with Crippen LogP contribution in [-0.2, 0) is 0 Å². The topological polar surface area (TPSA) is 39.9 Å². The zero-order chi connectivity index (χ0) is 10.7. The van der Waals surface area contributed by atoms with Gasteiger partial charge in [-0.15, -0.1) is 0 Å². The van der Waals surface area contributed by atoms with Crippen molar-refractivity contribution >= 4 is 17.3 Å². The van der Waals surface area contributed by atoms with Gasteiger partial charge < -0.3 is 4.90 Å². The molecular weight excluding hydrogens is 210 g/mol. The number of nitriles is 1. The van der Waals surface area contributed by atoms with Crippen molar-refractivity contribution in [3.63, 3.8) is 0 Å². The van der Waals surface area contributed by atoms with Crippen molar-refractivity contribution in [1.29, 1.82) is 5.26 Å². The third-order valence-corrected chi connectivity index (χ3v) is 2.98. The largest absolute Gasteiger partial charge is 0.370 e. The second-order valence-electron chi connectivity index (χ2n) is 3.66. The van der Waals surface area contributed by atoms with Gasteiger partial charge in [0.15, 0.2) is 0 Å². The third kappa shape index (κ3) is 2.05. The van der Waals surface area contributed by atoms with Crippen molar-refractivity contribution in [3.8, 4) is 6.07 Å². The van der Waals surface area contributed by atoms with Gasteiger partial charge in [0.2, 0.25) is 0 Å². The molecule has 1 aromatic rings. The molecule has 0 radical (unpaired) electrons. The summed E-state index contributed by atoms with van der Waals surface area (Å²) in [4.78, 5) is 6.14. The average molecular weight is 222 g/mol. The summed E-state index contributed by atoms with van der Waals surface area (Å²) < 4.78 is 0. The fraction of sp³-hybridized carbons (Fsp3) is 0.455. The number of piperidine rings is 1. The van der Waals surface area contributed by atoms with Crippen LogP contribution < -0.4 is 4.90 Å². The number of hydrogen-bond acceptors (Lipinski definition) is 3. The molecular formula is C11H12ClN3. The van der Waals surface area contributed by atoms with Gasteiger partial charge in [0.1, 0.15) is 16.8 Å². The predicted molar refractivity (Wildman–Crippen MR) is 60.0 cm³/mol. The van der Waals surface area contributed by atoms with E-state index in [2.05, 4.69) is 16.0 Å². The maximum atomic E-state index is 9.03. The molecule has 3 nitrogen and oxygen atoms in total. The number of aromatic nitrogens is 1. The molecule has 4 heteroatoms. The van der Waals surface area contributed by atoms with Crippen molar-refractivity contribution in [2.75, 3.05) is 18.0 Å². The first-order valence-electron chi connectivity index (χ1n) is 5.12. The van der Waals surface area contributed by atoms with Crippen LogP contribution in [0.15, 0.2) is 12.3 Å². The predicted octanol–water partition coefficient (Wildman–Crippen LogP) is 2.60. The molecule has 0 aliphatic carbocycles. The summed E-state index contributed by atoms with van der Waals surface area (Å²) in [5.41, 5.74) is 1.43. The molecule has 0 unspecified atom stereocenters. The summed E-state index contributed by atoms with van der Waals surface area (Å²) >= 11 is 5.89. The van der Waals surface area contributed by atoms with Crippen LogP contribution in [0.2, 0.25) is 5.15 Å². The Morgan fingerprint density at radius 1 is 1.33 bits per heavy atom. The molecule has 0 N–H and O–H groups in total. The molecule has 2 heterocycles. The molecule has 1 aliphatic heterocycles. The second kappa shape index (κ2) is 4.50. The Morgan fingerprint density at radius 2 is 2.07 bits per heavy atom. The molecule has 1 saturated heterocycles. The fourth-order valence-corrected chi connectivity index (χ4v) is 2.12. The maximum absolute atomic E-state index is 9.03. The molecule has 0 atom stereocenters. The lowest BCUT2D eigenvalue weighted by Gasteiger charge is -2.29. The van der Waals surface area contributed by atoms with Gasteiger partial charge in [0.05, 0.1) is 5.69 Å². The molecule has 0 aromatic carbocycles. The molecule has 0 bridgehead atoms. The number of anilines is 1. The number of hydrogen-bond donors (Lipinski definition) is 0. The van der Waals surface area contributed by atoms with E-state index in [0.29, 0.717) is 10.7 Å². The van der Waals surface area contributed by atoms with E-state index in [1.807, 2.05) is 6.07 Å². The van der Waals surface area contributed by atoms with Gasteiger partial charge in [0, 0.05) is 19.3 Å². The van der Waals surface area contributed by atoms with E-state index in [0.717, 1.165) is 18.8 Å².